The van der Waals surface area contributed by atoms with Crippen LogP contribution in [0.15, 0.2) is 6.20 Å². The number of aromatic amines is 1. The third kappa shape index (κ3) is 9.29. The molecule has 8 nitrogen and oxygen atoms in total. The van der Waals surface area contributed by atoms with Gasteiger partial charge in [-0.15, -0.1) is 0 Å². The number of nitrogens with zero attached hydrogens (tertiary/aromatic N) is 2. The molecule has 0 amide bonds. The lowest BCUT2D eigenvalue weighted by Gasteiger charge is -2.40. The van der Waals surface area contributed by atoms with E-state index in [4.69, 9.17) is 24.7 Å². The molecule has 2 aliphatic heterocycles. The molecule has 0 aromatic carbocycles. The molecule has 0 radical (unpaired) electrons. The Balaban J connectivity index is 1.27. The van der Waals surface area contributed by atoms with Crippen LogP contribution in [0.4, 0.5) is 0 Å². The van der Waals surface area contributed by atoms with E-state index in [1.54, 1.807) is 0 Å². The summed E-state index contributed by atoms with van der Waals surface area (Å²) in [7, 11) is 2.13. The maximum absolute atomic E-state index is 6.38. The summed E-state index contributed by atoms with van der Waals surface area (Å²) in [5.41, 5.74) is 8.44. The normalized spacial score (nSPS) is 22.1. The zero-order chi connectivity index (χ0) is 25.8. The smallest absolute Gasteiger partial charge is 0.0697 e. The Morgan fingerprint density at radius 3 is 2.05 bits per heavy atom. The lowest BCUT2D eigenvalue weighted by Crippen LogP contribution is -2.37. The van der Waals surface area contributed by atoms with E-state index in [-0.39, 0.29) is 5.41 Å². The first kappa shape index (κ1) is 29.0. The molecular formula is C29H52N4O4. The standard InChI is InChI=1S/C29H52N4O4/c1-33(13-12-30)21-27-20-31-32-28(27)26-2-10-29(11-3-26,22-36-18-8-24-4-14-34-15-5-24)23-37-19-9-25-6-16-35-17-7-25/h20,24-26H,2-19,21-23,30H2,1H3,(H,31,32). The predicted molar refractivity (Wildman–Crippen MR) is 146 cm³/mol. The van der Waals surface area contributed by atoms with Crippen molar-refractivity contribution in [3.05, 3.63) is 17.5 Å². The Bertz CT molecular complexity index is 712. The van der Waals surface area contributed by atoms with E-state index in [1.165, 1.54) is 36.9 Å². The lowest BCUT2D eigenvalue weighted by atomic mass is 9.70. The molecule has 0 spiro atoms. The van der Waals surface area contributed by atoms with Gasteiger partial charge in [0.15, 0.2) is 0 Å². The van der Waals surface area contributed by atoms with Gasteiger partial charge in [0.05, 0.1) is 18.9 Å². The van der Waals surface area contributed by atoms with Gasteiger partial charge in [0.2, 0.25) is 0 Å². The van der Waals surface area contributed by atoms with Crippen molar-refractivity contribution in [2.24, 2.45) is 23.0 Å². The first-order valence-corrected chi connectivity index (χ1v) is 14.9. The molecule has 4 rings (SSSR count). The molecule has 212 valence electrons. The molecule has 3 heterocycles. The minimum atomic E-state index is 0.120. The Morgan fingerprint density at radius 1 is 0.946 bits per heavy atom. The predicted octanol–water partition coefficient (Wildman–Crippen LogP) is 4.11. The van der Waals surface area contributed by atoms with Gasteiger partial charge in [-0.2, -0.15) is 5.10 Å². The molecule has 37 heavy (non-hydrogen) atoms. The Morgan fingerprint density at radius 2 is 1.51 bits per heavy atom. The number of likely N-dealkylation sites (N-methyl/N-ethyl adjacent to an activating group) is 1. The van der Waals surface area contributed by atoms with Gasteiger partial charge in [-0.05, 0) is 83.1 Å². The number of H-pyrrole nitrogens is 1. The largest absolute Gasteiger partial charge is 0.381 e. The van der Waals surface area contributed by atoms with Gasteiger partial charge in [-0.3, -0.25) is 5.10 Å². The number of ether oxygens (including phenoxy) is 4. The molecule has 3 fully saturated rings. The van der Waals surface area contributed by atoms with Crippen LogP contribution < -0.4 is 5.73 Å². The van der Waals surface area contributed by atoms with E-state index < -0.39 is 0 Å². The first-order chi connectivity index (χ1) is 18.2. The Labute approximate surface area is 224 Å². The van der Waals surface area contributed by atoms with Crippen LogP contribution in [0.1, 0.15) is 81.4 Å². The summed E-state index contributed by atoms with van der Waals surface area (Å²) in [5.74, 6) is 2.02. The zero-order valence-electron chi connectivity index (χ0n) is 23.3. The number of aromatic nitrogens is 2. The summed E-state index contributed by atoms with van der Waals surface area (Å²) in [6, 6.07) is 0. The molecular weight excluding hydrogens is 468 g/mol. The highest BCUT2D eigenvalue weighted by atomic mass is 16.5. The number of rotatable bonds is 15. The fourth-order valence-electron chi connectivity index (χ4n) is 6.38. The van der Waals surface area contributed by atoms with Crippen LogP contribution in [-0.4, -0.2) is 88.1 Å². The topological polar surface area (TPSA) is 94.9 Å². The maximum Gasteiger partial charge on any atom is 0.0697 e. The van der Waals surface area contributed by atoms with E-state index >= 15 is 0 Å². The number of nitrogens with one attached hydrogen (secondary N) is 1. The summed E-state index contributed by atoms with van der Waals surface area (Å²) in [6.07, 6.45) is 13.7. The van der Waals surface area contributed by atoms with E-state index in [9.17, 15) is 0 Å². The third-order valence-electron chi connectivity index (χ3n) is 8.98. The van der Waals surface area contributed by atoms with Crippen LogP contribution in [0.3, 0.4) is 0 Å². The second-order valence-corrected chi connectivity index (χ2v) is 11.9. The van der Waals surface area contributed by atoms with Gasteiger partial charge in [0.1, 0.15) is 0 Å². The first-order valence-electron chi connectivity index (χ1n) is 14.9. The molecule has 2 saturated heterocycles. The molecule has 1 saturated carbocycles. The molecule has 3 N–H and O–H groups in total. The van der Waals surface area contributed by atoms with E-state index in [0.717, 1.165) is 116 Å². The van der Waals surface area contributed by atoms with E-state index in [0.29, 0.717) is 12.5 Å². The van der Waals surface area contributed by atoms with Gasteiger partial charge >= 0.3 is 0 Å². The number of hydrogen-bond donors (Lipinski definition) is 2. The molecule has 1 aromatic heterocycles. The molecule has 0 unspecified atom stereocenters. The second-order valence-electron chi connectivity index (χ2n) is 11.9. The highest BCUT2D eigenvalue weighted by Crippen LogP contribution is 2.44. The second kappa shape index (κ2) is 15.5. The molecule has 1 aromatic rings. The maximum atomic E-state index is 6.38. The summed E-state index contributed by atoms with van der Waals surface area (Å²) in [4.78, 5) is 2.28. The van der Waals surface area contributed by atoms with Crippen molar-refractivity contribution in [2.75, 3.05) is 73.0 Å². The average Bonchev–Trinajstić information content (AvgIpc) is 3.39. The van der Waals surface area contributed by atoms with Crippen molar-refractivity contribution >= 4 is 0 Å². The minimum Gasteiger partial charge on any atom is -0.381 e. The van der Waals surface area contributed by atoms with Crippen LogP contribution in [0, 0.1) is 17.3 Å². The summed E-state index contributed by atoms with van der Waals surface area (Å²) < 4.78 is 23.8. The molecule has 0 atom stereocenters. The monoisotopic (exact) mass is 520 g/mol. The molecule has 0 bridgehead atoms. The number of hydrogen-bond acceptors (Lipinski definition) is 7. The van der Waals surface area contributed by atoms with Crippen molar-refractivity contribution in [2.45, 2.75) is 76.7 Å². The molecule has 3 aliphatic rings. The van der Waals surface area contributed by atoms with Gasteiger partial charge in [-0.25, -0.2) is 0 Å². The highest BCUT2D eigenvalue weighted by molar-refractivity contribution is 5.21. The van der Waals surface area contributed by atoms with Crippen molar-refractivity contribution in [1.82, 2.24) is 15.1 Å². The van der Waals surface area contributed by atoms with Crippen LogP contribution in [0.25, 0.3) is 0 Å². The Hall–Kier alpha value is -1.03. The number of nitrogens with two attached hydrogens (primary N) is 1. The van der Waals surface area contributed by atoms with Crippen molar-refractivity contribution in [1.29, 1.82) is 0 Å². The summed E-state index contributed by atoms with van der Waals surface area (Å²) >= 11 is 0. The van der Waals surface area contributed by atoms with Gasteiger partial charge in [0.25, 0.3) is 0 Å². The van der Waals surface area contributed by atoms with Crippen LogP contribution in [0.5, 0.6) is 0 Å². The van der Waals surface area contributed by atoms with Gasteiger partial charge in [0, 0.05) is 82.4 Å². The fraction of sp³-hybridized carbons (Fsp3) is 0.897. The van der Waals surface area contributed by atoms with Crippen molar-refractivity contribution in [3.63, 3.8) is 0 Å². The van der Waals surface area contributed by atoms with E-state index in [1.807, 2.05) is 0 Å². The van der Waals surface area contributed by atoms with Gasteiger partial charge < -0.3 is 29.6 Å². The summed E-state index contributed by atoms with van der Waals surface area (Å²) in [6.45, 7) is 9.46. The fourth-order valence-corrected chi connectivity index (χ4v) is 6.38. The zero-order valence-corrected chi connectivity index (χ0v) is 23.3. The van der Waals surface area contributed by atoms with Crippen LogP contribution in [-0.2, 0) is 25.5 Å². The van der Waals surface area contributed by atoms with E-state index in [2.05, 4.69) is 28.3 Å². The molecule has 8 heteroatoms. The van der Waals surface area contributed by atoms with Crippen LogP contribution in [0.2, 0.25) is 0 Å². The Kier molecular flexibility index (Phi) is 12.2. The van der Waals surface area contributed by atoms with Crippen molar-refractivity contribution < 1.29 is 18.9 Å². The molecule has 1 aliphatic carbocycles. The third-order valence-corrected chi connectivity index (χ3v) is 8.98. The van der Waals surface area contributed by atoms with Gasteiger partial charge in [-0.1, -0.05) is 0 Å². The quantitative estimate of drug-likeness (QED) is 0.336. The SMILES string of the molecule is CN(CCN)Cc1c[nH]nc1C1CCC(COCCC2CCOCC2)(COCCC2CCOCC2)CC1. The highest BCUT2D eigenvalue weighted by Gasteiger charge is 2.38. The average molecular weight is 521 g/mol. The van der Waals surface area contributed by atoms with Crippen molar-refractivity contribution in [3.8, 4) is 0 Å². The summed E-state index contributed by atoms with van der Waals surface area (Å²) in [5, 5.41) is 7.82. The lowest BCUT2D eigenvalue weighted by molar-refractivity contribution is -0.0529. The van der Waals surface area contributed by atoms with Crippen LogP contribution >= 0.6 is 0 Å². The minimum absolute atomic E-state index is 0.120.